The minimum atomic E-state index is -0.794. The van der Waals surface area contributed by atoms with Crippen LogP contribution in [0.2, 0.25) is 0 Å². The third-order valence-corrected chi connectivity index (χ3v) is 11.0. The summed E-state index contributed by atoms with van der Waals surface area (Å²) in [4.78, 5) is 37.9. The Hall–Kier alpha value is -2.89. The van der Waals surface area contributed by atoms with Crippen LogP contribution < -0.4 is 0 Å². The molecule has 0 aliphatic carbocycles. The standard InChI is InChI=1S/C55H96O6/c1-4-7-10-13-16-19-21-23-25-26-27-28-30-31-33-36-39-42-45-48-54(57)60-51-52(50-59-53(56)47-44-41-38-35-18-15-12-9-6-3)61-55(58)49-46-43-40-37-34-32-29-24-22-20-17-14-11-8-5-2/h8,11,17,20,24,26-27,29,34,37,52H,4-7,9-10,12-16,18-19,21-23,25,28,30-33,35-36,38-51H2,1-3H3/b11-8-,20-17-,27-26-,29-24-,37-34-/t52-/m1/s1. The van der Waals surface area contributed by atoms with Gasteiger partial charge in [0.1, 0.15) is 13.2 Å². The highest BCUT2D eigenvalue weighted by Gasteiger charge is 2.19. The van der Waals surface area contributed by atoms with E-state index in [1.165, 1.54) is 128 Å². The van der Waals surface area contributed by atoms with E-state index in [-0.39, 0.29) is 37.5 Å². The topological polar surface area (TPSA) is 78.9 Å². The van der Waals surface area contributed by atoms with Gasteiger partial charge in [-0.05, 0) is 83.5 Å². The lowest BCUT2D eigenvalue weighted by atomic mass is 10.1. The highest BCUT2D eigenvalue weighted by atomic mass is 16.6. The predicted molar refractivity (Wildman–Crippen MR) is 261 cm³/mol. The van der Waals surface area contributed by atoms with Crippen molar-refractivity contribution < 1.29 is 28.6 Å². The maximum absolute atomic E-state index is 12.7. The number of allylic oxidation sites excluding steroid dienone is 10. The van der Waals surface area contributed by atoms with Crippen molar-refractivity contribution in [1.29, 1.82) is 0 Å². The van der Waals surface area contributed by atoms with Gasteiger partial charge in [0.15, 0.2) is 6.10 Å². The van der Waals surface area contributed by atoms with Crippen LogP contribution in [-0.2, 0) is 28.6 Å². The summed E-state index contributed by atoms with van der Waals surface area (Å²) in [6, 6.07) is 0. The van der Waals surface area contributed by atoms with Crippen molar-refractivity contribution in [3.05, 3.63) is 60.8 Å². The van der Waals surface area contributed by atoms with Gasteiger partial charge in [-0.3, -0.25) is 14.4 Å². The molecule has 0 aromatic heterocycles. The smallest absolute Gasteiger partial charge is 0.306 e. The normalized spacial score (nSPS) is 12.5. The fraction of sp³-hybridized carbons (Fsp3) is 0.764. The van der Waals surface area contributed by atoms with Gasteiger partial charge in [-0.2, -0.15) is 0 Å². The molecule has 0 saturated heterocycles. The molecular formula is C55H96O6. The molecule has 0 N–H and O–H groups in total. The molecule has 0 fully saturated rings. The zero-order chi connectivity index (χ0) is 44.4. The lowest BCUT2D eigenvalue weighted by molar-refractivity contribution is -0.167. The molecule has 0 aromatic carbocycles. The van der Waals surface area contributed by atoms with Crippen LogP contribution in [0.3, 0.4) is 0 Å². The Labute approximate surface area is 377 Å². The summed E-state index contributed by atoms with van der Waals surface area (Å²) in [5.74, 6) is -0.937. The molecule has 6 heteroatoms. The first-order chi connectivity index (χ1) is 30.0. The minimum Gasteiger partial charge on any atom is -0.462 e. The van der Waals surface area contributed by atoms with Gasteiger partial charge in [-0.25, -0.2) is 0 Å². The fourth-order valence-corrected chi connectivity index (χ4v) is 7.13. The molecule has 0 rings (SSSR count). The van der Waals surface area contributed by atoms with Gasteiger partial charge in [-0.15, -0.1) is 0 Å². The Balaban J connectivity index is 4.36. The summed E-state index contributed by atoms with van der Waals surface area (Å²) in [6.07, 6.45) is 60.7. The molecule has 0 amide bonds. The number of unbranched alkanes of at least 4 members (excludes halogenated alkanes) is 25. The second-order valence-corrected chi connectivity index (χ2v) is 17.1. The highest BCUT2D eigenvalue weighted by Crippen LogP contribution is 2.14. The first-order valence-corrected chi connectivity index (χ1v) is 25.8. The van der Waals surface area contributed by atoms with Crippen LogP contribution >= 0.6 is 0 Å². The van der Waals surface area contributed by atoms with Crippen LogP contribution in [0.4, 0.5) is 0 Å². The van der Waals surface area contributed by atoms with Crippen molar-refractivity contribution in [1.82, 2.24) is 0 Å². The Morgan fingerprint density at radius 1 is 0.344 bits per heavy atom. The average Bonchev–Trinajstić information content (AvgIpc) is 3.26. The lowest BCUT2D eigenvalue weighted by Crippen LogP contribution is -2.30. The van der Waals surface area contributed by atoms with Crippen molar-refractivity contribution >= 4 is 17.9 Å². The lowest BCUT2D eigenvalue weighted by Gasteiger charge is -2.18. The number of carbonyl (C=O) groups excluding carboxylic acids is 3. The number of esters is 3. The fourth-order valence-electron chi connectivity index (χ4n) is 7.13. The predicted octanol–water partition coefficient (Wildman–Crippen LogP) is 16.9. The van der Waals surface area contributed by atoms with E-state index < -0.39 is 6.10 Å². The highest BCUT2D eigenvalue weighted by molar-refractivity contribution is 5.71. The van der Waals surface area contributed by atoms with E-state index in [4.69, 9.17) is 14.2 Å². The zero-order valence-electron chi connectivity index (χ0n) is 40.2. The Kier molecular flexibility index (Phi) is 47.4. The third-order valence-electron chi connectivity index (χ3n) is 11.0. The molecular weight excluding hydrogens is 757 g/mol. The molecule has 0 bridgehead atoms. The second-order valence-electron chi connectivity index (χ2n) is 17.1. The van der Waals surface area contributed by atoms with E-state index in [9.17, 15) is 14.4 Å². The number of rotatable bonds is 46. The van der Waals surface area contributed by atoms with E-state index in [0.29, 0.717) is 19.3 Å². The Morgan fingerprint density at radius 3 is 1.05 bits per heavy atom. The maximum Gasteiger partial charge on any atom is 0.306 e. The van der Waals surface area contributed by atoms with Crippen LogP contribution in [0, 0.1) is 0 Å². The molecule has 61 heavy (non-hydrogen) atoms. The largest absolute Gasteiger partial charge is 0.462 e. The summed E-state index contributed by atoms with van der Waals surface area (Å²) in [5, 5.41) is 0. The molecule has 352 valence electrons. The second kappa shape index (κ2) is 49.8. The molecule has 6 nitrogen and oxygen atoms in total. The summed E-state index contributed by atoms with van der Waals surface area (Å²) in [7, 11) is 0. The first kappa shape index (κ1) is 58.1. The number of hydrogen-bond donors (Lipinski definition) is 0. The average molecular weight is 853 g/mol. The molecule has 0 aromatic rings. The molecule has 0 unspecified atom stereocenters. The molecule has 0 saturated carbocycles. The van der Waals surface area contributed by atoms with E-state index in [1.54, 1.807) is 0 Å². The van der Waals surface area contributed by atoms with Gasteiger partial charge in [0.25, 0.3) is 0 Å². The van der Waals surface area contributed by atoms with Crippen molar-refractivity contribution in [2.45, 2.75) is 258 Å². The Morgan fingerprint density at radius 2 is 0.639 bits per heavy atom. The maximum atomic E-state index is 12.7. The van der Waals surface area contributed by atoms with Gasteiger partial charge in [0.2, 0.25) is 0 Å². The van der Waals surface area contributed by atoms with Crippen LogP contribution in [0.1, 0.15) is 252 Å². The van der Waals surface area contributed by atoms with E-state index in [2.05, 4.69) is 81.5 Å². The van der Waals surface area contributed by atoms with Crippen molar-refractivity contribution in [3.63, 3.8) is 0 Å². The quantitative estimate of drug-likeness (QED) is 0.0263. The molecule has 0 heterocycles. The summed E-state index contributed by atoms with van der Waals surface area (Å²) < 4.78 is 16.7. The summed E-state index contributed by atoms with van der Waals surface area (Å²) in [5.41, 5.74) is 0. The van der Waals surface area contributed by atoms with Crippen LogP contribution in [0.5, 0.6) is 0 Å². The zero-order valence-corrected chi connectivity index (χ0v) is 40.2. The van der Waals surface area contributed by atoms with E-state index in [0.717, 1.165) is 77.0 Å². The van der Waals surface area contributed by atoms with Gasteiger partial charge < -0.3 is 14.2 Å². The molecule has 1 atom stereocenters. The van der Waals surface area contributed by atoms with Gasteiger partial charge >= 0.3 is 17.9 Å². The van der Waals surface area contributed by atoms with Crippen LogP contribution in [0.25, 0.3) is 0 Å². The number of carbonyl (C=O) groups is 3. The van der Waals surface area contributed by atoms with E-state index in [1.807, 2.05) is 0 Å². The van der Waals surface area contributed by atoms with Crippen molar-refractivity contribution in [2.24, 2.45) is 0 Å². The molecule has 0 spiro atoms. The minimum absolute atomic E-state index is 0.0910. The third kappa shape index (κ3) is 48.0. The van der Waals surface area contributed by atoms with Crippen LogP contribution in [0.15, 0.2) is 60.8 Å². The van der Waals surface area contributed by atoms with Crippen LogP contribution in [-0.4, -0.2) is 37.2 Å². The SMILES string of the molecule is CC/C=C\C/C=C\C/C=C\C/C=C\CCCCC(=O)O[C@@H](COC(=O)CCCCCCCCC/C=C\CCCCCCCCCC)COC(=O)CCCCCCCCCCC. The molecule has 0 radical (unpaired) electrons. The monoisotopic (exact) mass is 853 g/mol. The van der Waals surface area contributed by atoms with Crippen molar-refractivity contribution in [2.75, 3.05) is 13.2 Å². The number of hydrogen-bond acceptors (Lipinski definition) is 6. The van der Waals surface area contributed by atoms with Gasteiger partial charge in [-0.1, -0.05) is 210 Å². The molecule has 0 aliphatic rings. The molecule has 0 aliphatic heterocycles. The van der Waals surface area contributed by atoms with Crippen molar-refractivity contribution in [3.8, 4) is 0 Å². The summed E-state index contributed by atoms with van der Waals surface area (Å²) in [6.45, 7) is 6.47. The van der Waals surface area contributed by atoms with E-state index >= 15 is 0 Å². The van der Waals surface area contributed by atoms with Gasteiger partial charge in [0, 0.05) is 19.3 Å². The van der Waals surface area contributed by atoms with Gasteiger partial charge in [0.05, 0.1) is 0 Å². The first-order valence-electron chi connectivity index (χ1n) is 25.8. The Bertz CT molecular complexity index is 1120. The number of ether oxygens (including phenoxy) is 3. The summed E-state index contributed by atoms with van der Waals surface area (Å²) >= 11 is 0.